The zero-order valence-electron chi connectivity index (χ0n) is 12.5. The van der Waals surface area contributed by atoms with E-state index in [2.05, 4.69) is 41.7 Å². The molecule has 110 valence electrons. The molecular weight excluding hydrogens is 262 g/mol. The molecule has 0 aliphatic heterocycles. The number of methoxy groups -OCH3 is 1. The lowest BCUT2D eigenvalue weighted by Crippen LogP contribution is -2.17. The van der Waals surface area contributed by atoms with Gasteiger partial charge in [-0.1, -0.05) is 24.3 Å². The van der Waals surface area contributed by atoms with Crippen molar-refractivity contribution >= 4 is 0 Å². The summed E-state index contributed by atoms with van der Waals surface area (Å²) in [6.45, 7) is 0. The van der Waals surface area contributed by atoms with Crippen LogP contribution in [0.15, 0.2) is 48.5 Å². The highest BCUT2D eigenvalue weighted by atomic mass is 16.5. The molecule has 0 aromatic heterocycles. The highest BCUT2D eigenvalue weighted by Crippen LogP contribution is 2.29. The molecular formula is C18H21NO2. The van der Waals surface area contributed by atoms with Gasteiger partial charge in [-0.05, 0) is 55.3 Å². The minimum Gasteiger partial charge on any atom is -0.497 e. The summed E-state index contributed by atoms with van der Waals surface area (Å²) >= 11 is 0. The summed E-state index contributed by atoms with van der Waals surface area (Å²) < 4.78 is 11.1. The maximum absolute atomic E-state index is 5.80. The molecule has 1 aliphatic carbocycles. The normalized spacial score (nSPS) is 15.5. The molecule has 0 heterocycles. The summed E-state index contributed by atoms with van der Waals surface area (Å²) in [5, 5.41) is 3.36. The molecule has 0 bridgehead atoms. The van der Waals surface area contributed by atoms with E-state index in [9.17, 15) is 0 Å². The number of nitrogens with one attached hydrogen (secondary N) is 1. The first-order chi connectivity index (χ1) is 10.3. The molecule has 1 aliphatic rings. The van der Waals surface area contributed by atoms with Crippen LogP contribution in [0.1, 0.15) is 30.0 Å². The Labute approximate surface area is 125 Å². The number of ether oxygens (including phenoxy) is 2. The second-order valence-corrected chi connectivity index (χ2v) is 5.38. The van der Waals surface area contributed by atoms with Crippen molar-refractivity contribution in [3.8, 4) is 11.5 Å². The van der Waals surface area contributed by atoms with Crippen LogP contribution in [0.3, 0.4) is 0 Å². The average molecular weight is 283 g/mol. The molecule has 3 rings (SSSR count). The van der Waals surface area contributed by atoms with Gasteiger partial charge in [-0.15, -0.1) is 0 Å². The predicted molar refractivity (Wildman–Crippen MR) is 84.0 cm³/mol. The summed E-state index contributed by atoms with van der Waals surface area (Å²) in [5.74, 6) is 1.84. The molecule has 2 aromatic rings. The van der Waals surface area contributed by atoms with Gasteiger partial charge in [0.2, 0.25) is 0 Å². The van der Waals surface area contributed by atoms with E-state index in [1.807, 2.05) is 19.2 Å². The maximum atomic E-state index is 5.80. The predicted octanol–water partition coefficient (Wildman–Crippen LogP) is 3.55. The van der Waals surface area contributed by atoms with Crippen molar-refractivity contribution in [2.45, 2.75) is 25.0 Å². The summed E-state index contributed by atoms with van der Waals surface area (Å²) in [6.07, 6.45) is 2.81. The van der Waals surface area contributed by atoms with Crippen LogP contribution < -0.4 is 14.8 Å². The van der Waals surface area contributed by atoms with Crippen molar-refractivity contribution in [3.05, 3.63) is 59.7 Å². The largest absolute Gasteiger partial charge is 0.497 e. The van der Waals surface area contributed by atoms with E-state index < -0.39 is 0 Å². The van der Waals surface area contributed by atoms with E-state index in [1.165, 1.54) is 24.0 Å². The van der Waals surface area contributed by atoms with Gasteiger partial charge in [-0.2, -0.15) is 0 Å². The molecule has 3 nitrogen and oxygen atoms in total. The average Bonchev–Trinajstić information content (AvgIpc) is 3.34. The topological polar surface area (TPSA) is 30.5 Å². The third kappa shape index (κ3) is 3.37. The third-order valence-electron chi connectivity index (χ3n) is 3.76. The molecule has 1 atom stereocenters. The fraction of sp³-hybridized carbons (Fsp3) is 0.333. The number of benzene rings is 2. The Morgan fingerprint density at radius 3 is 2.38 bits per heavy atom. The van der Waals surface area contributed by atoms with Crippen molar-refractivity contribution in [3.63, 3.8) is 0 Å². The van der Waals surface area contributed by atoms with Crippen LogP contribution in [0.5, 0.6) is 11.5 Å². The molecule has 0 amide bonds. The SMILES string of the molecule is CNC(c1ccc(OC2CC2)cc1)c1cccc(OC)c1. The van der Waals surface area contributed by atoms with E-state index in [4.69, 9.17) is 9.47 Å². The van der Waals surface area contributed by atoms with E-state index >= 15 is 0 Å². The molecule has 0 saturated heterocycles. The lowest BCUT2D eigenvalue weighted by molar-refractivity contribution is 0.303. The summed E-state index contributed by atoms with van der Waals surface area (Å²) in [4.78, 5) is 0. The number of rotatable bonds is 6. The molecule has 0 spiro atoms. The van der Waals surface area contributed by atoms with E-state index in [-0.39, 0.29) is 6.04 Å². The molecule has 3 heteroatoms. The van der Waals surface area contributed by atoms with Crippen LogP contribution in [0.25, 0.3) is 0 Å². The van der Waals surface area contributed by atoms with Gasteiger partial charge < -0.3 is 14.8 Å². The minimum atomic E-state index is 0.148. The van der Waals surface area contributed by atoms with E-state index in [1.54, 1.807) is 7.11 Å². The van der Waals surface area contributed by atoms with Crippen molar-refractivity contribution in [1.29, 1.82) is 0 Å². The van der Waals surface area contributed by atoms with Gasteiger partial charge in [-0.3, -0.25) is 0 Å². The smallest absolute Gasteiger partial charge is 0.119 e. The standard InChI is InChI=1S/C18H21NO2/c1-19-18(14-4-3-5-17(12-14)20-2)13-6-8-15(9-7-13)21-16-10-11-16/h3-9,12,16,18-19H,10-11H2,1-2H3. The van der Waals surface area contributed by atoms with Crippen LogP contribution in [0.2, 0.25) is 0 Å². The molecule has 0 radical (unpaired) electrons. The van der Waals surface area contributed by atoms with Crippen molar-refractivity contribution in [2.24, 2.45) is 0 Å². The molecule has 1 fully saturated rings. The molecule has 1 unspecified atom stereocenters. The Balaban J connectivity index is 1.80. The van der Waals surface area contributed by atoms with E-state index in [0.717, 1.165) is 11.5 Å². The van der Waals surface area contributed by atoms with Gasteiger partial charge in [0.25, 0.3) is 0 Å². The second kappa shape index (κ2) is 6.19. The first kappa shape index (κ1) is 14.0. The Morgan fingerprint density at radius 1 is 1.00 bits per heavy atom. The van der Waals surface area contributed by atoms with Gasteiger partial charge in [0.05, 0.1) is 19.3 Å². The molecule has 1 N–H and O–H groups in total. The highest BCUT2D eigenvalue weighted by Gasteiger charge is 2.23. The Morgan fingerprint density at radius 2 is 1.76 bits per heavy atom. The summed E-state index contributed by atoms with van der Waals surface area (Å²) in [6, 6.07) is 16.7. The van der Waals surface area contributed by atoms with Crippen molar-refractivity contribution in [1.82, 2.24) is 5.32 Å². The fourth-order valence-corrected chi connectivity index (χ4v) is 2.46. The lowest BCUT2D eigenvalue weighted by atomic mass is 9.98. The lowest BCUT2D eigenvalue weighted by Gasteiger charge is -2.18. The summed E-state index contributed by atoms with van der Waals surface area (Å²) in [7, 11) is 3.66. The van der Waals surface area contributed by atoms with Crippen LogP contribution >= 0.6 is 0 Å². The van der Waals surface area contributed by atoms with Gasteiger partial charge in [-0.25, -0.2) is 0 Å². The Kier molecular flexibility index (Phi) is 4.11. The third-order valence-corrected chi connectivity index (χ3v) is 3.76. The maximum Gasteiger partial charge on any atom is 0.119 e. The Hall–Kier alpha value is -2.00. The van der Waals surface area contributed by atoms with Crippen molar-refractivity contribution in [2.75, 3.05) is 14.2 Å². The van der Waals surface area contributed by atoms with Crippen LogP contribution in [-0.2, 0) is 0 Å². The van der Waals surface area contributed by atoms with Crippen LogP contribution in [0, 0.1) is 0 Å². The van der Waals surface area contributed by atoms with Gasteiger partial charge in [0, 0.05) is 0 Å². The first-order valence-corrected chi connectivity index (χ1v) is 7.38. The summed E-state index contributed by atoms with van der Waals surface area (Å²) in [5.41, 5.74) is 2.40. The van der Waals surface area contributed by atoms with Crippen molar-refractivity contribution < 1.29 is 9.47 Å². The molecule has 2 aromatic carbocycles. The monoisotopic (exact) mass is 283 g/mol. The minimum absolute atomic E-state index is 0.148. The Bertz CT molecular complexity index is 590. The second-order valence-electron chi connectivity index (χ2n) is 5.38. The highest BCUT2D eigenvalue weighted by molar-refractivity contribution is 5.38. The van der Waals surface area contributed by atoms with E-state index in [0.29, 0.717) is 6.10 Å². The quantitative estimate of drug-likeness (QED) is 0.879. The first-order valence-electron chi connectivity index (χ1n) is 7.38. The number of hydrogen-bond acceptors (Lipinski definition) is 3. The number of hydrogen-bond donors (Lipinski definition) is 1. The van der Waals surface area contributed by atoms with Crippen LogP contribution in [0.4, 0.5) is 0 Å². The van der Waals surface area contributed by atoms with Crippen LogP contribution in [-0.4, -0.2) is 20.3 Å². The van der Waals surface area contributed by atoms with Gasteiger partial charge in [0.1, 0.15) is 11.5 Å². The zero-order valence-corrected chi connectivity index (χ0v) is 12.5. The fourth-order valence-electron chi connectivity index (χ4n) is 2.46. The zero-order chi connectivity index (χ0) is 14.7. The van der Waals surface area contributed by atoms with Gasteiger partial charge >= 0.3 is 0 Å². The molecule has 1 saturated carbocycles. The van der Waals surface area contributed by atoms with Gasteiger partial charge in [0.15, 0.2) is 0 Å². The molecule has 21 heavy (non-hydrogen) atoms.